The predicted octanol–water partition coefficient (Wildman–Crippen LogP) is 3.24. The fourth-order valence-corrected chi connectivity index (χ4v) is 4.01. The van der Waals surface area contributed by atoms with Crippen molar-refractivity contribution in [1.29, 1.82) is 0 Å². The number of hydrogen-bond acceptors (Lipinski definition) is 5. The number of rotatable bonds is 4. The van der Waals surface area contributed by atoms with Crippen molar-refractivity contribution in [2.75, 3.05) is 13.1 Å². The van der Waals surface area contributed by atoms with Crippen LogP contribution in [-0.4, -0.2) is 27.9 Å². The van der Waals surface area contributed by atoms with Crippen LogP contribution in [0.2, 0.25) is 0 Å². The summed E-state index contributed by atoms with van der Waals surface area (Å²) < 4.78 is 5.99. The fraction of sp³-hybridized carbons (Fsp3) is 0.562. The molecule has 4 heterocycles. The van der Waals surface area contributed by atoms with Crippen molar-refractivity contribution in [3.8, 4) is 0 Å². The van der Waals surface area contributed by atoms with Crippen LogP contribution in [0.15, 0.2) is 21.9 Å². The zero-order chi connectivity index (χ0) is 14.1. The number of oxazole rings is 1. The lowest BCUT2D eigenvalue weighted by atomic mass is 10.1. The molecule has 1 saturated heterocycles. The third kappa shape index (κ3) is 3.05. The SMILES string of the molecule is c1csc(CN2Cc3nc(CN4CCCCC4)oc3C2)c1. The van der Waals surface area contributed by atoms with Gasteiger partial charge in [0.15, 0.2) is 0 Å². The van der Waals surface area contributed by atoms with E-state index in [0.29, 0.717) is 0 Å². The molecule has 2 aliphatic rings. The van der Waals surface area contributed by atoms with E-state index < -0.39 is 0 Å². The maximum absolute atomic E-state index is 5.99. The molecule has 4 rings (SSSR count). The Morgan fingerprint density at radius 3 is 2.76 bits per heavy atom. The third-order valence-corrected chi connectivity index (χ3v) is 5.19. The van der Waals surface area contributed by atoms with Crippen LogP contribution in [0, 0.1) is 0 Å². The van der Waals surface area contributed by atoms with E-state index in [9.17, 15) is 0 Å². The molecule has 2 aliphatic heterocycles. The number of aromatic nitrogens is 1. The summed E-state index contributed by atoms with van der Waals surface area (Å²) in [6.07, 6.45) is 4.00. The maximum atomic E-state index is 5.99. The van der Waals surface area contributed by atoms with Gasteiger partial charge in [-0.2, -0.15) is 0 Å². The Kier molecular flexibility index (Phi) is 3.80. The van der Waals surface area contributed by atoms with Crippen molar-refractivity contribution in [3.63, 3.8) is 0 Å². The lowest BCUT2D eigenvalue weighted by Crippen LogP contribution is -2.29. The first-order chi connectivity index (χ1) is 10.4. The van der Waals surface area contributed by atoms with Crippen LogP contribution in [0.5, 0.6) is 0 Å². The highest BCUT2D eigenvalue weighted by atomic mass is 32.1. The van der Waals surface area contributed by atoms with E-state index in [1.165, 1.54) is 37.2 Å². The van der Waals surface area contributed by atoms with Crippen molar-refractivity contribution in [2.24, 2.45) is 0 Å². The first-order valence-electron chi connectivity index (χ1n) is 7.81. The molecule has 0 aliphatic carbocycles. The molecular weight excluding hydrogens is 282 g/mol. The fourth-order valence-electron chi connectivity index (χ4n) is 3.27. The van der Waals surface area contributed by atoms with E-state index in [0.717, 1.165) is 43.5 Å². The van der Waals surface area contributed by atoms with Gasteiger partial charge in [0.2, 0.25) is 5.89 Å². The second-order valence-corrected chi connectivity index (χ2v) is 7.07. The van der Waals surface area contributed by atoms with Crippen molar-refractivity contribution in [2.45, 2.75) is 45.4 Å². The van der Waals surface area contributed by atoms with Crippen molar-refractivity contribution < 1.29 is 4.42 Å². The van der Waals surface area contributed by atoms with Gasteiger partial charge in [0, 0.05) is 18.0 Å². The van der Waals surface area contributed by atoms with E-state index in [-0.39, 0.29) is 0 Å². The van der Waals surface area contributed by atoms with Crippen LogP contribution >= 0.6 is 11.3 Å². The molecule has 0 spiro atoms. The first-order valence-corrected chi connectivity index (χ1v) is 8.69. The van der Waals surface area contributed by atoms with Gasteiger partial charge in [-0.3, -0.25) is 9.80 Å². The van der Waals surface area contributed by atoms with Crippen LogP contribution < -0.4 is 0 Å². The topological polar surface area (TPSA) is 32.5 Å². The average Bonchev–Trinajstić information content (AvgIpc) is 3.17. The van der Waals surface area contributed by atoms with E-state index in [1.54, 1.807) is 0 Å². The Labute approximate surface area is 129 Å². The normalized spacial score (nSPS) is 20.0. The van der Waals surface area contributed by atoms with Gasteiger partial charge in [-0.15, -0.1) is 11.3 Å². The molecule has 2 aromatic heterocycles. The number of nitrogens with zero attached hydrogens (tertiary/aromatic N) is 3. The zero-order valence-corrected chi connectivity index (χ0v) is 13.1. The first kappa shape index (κ1) is 13.5. The summed E-state index contributed by atoms with van der Waals surface area (Å²) in [5.74, 6) is 2.00. The molecule has 0 atom stereocenters. The van der Waals surface area contributed by atoms with E-state index in [2.05, 4.69) is 27.3 Å². The summed E-state index contributed by atoms with van der Waals surface area (Å²) in [6.45, 7) is 6.11. The second-order valence-electron chi connectivity index (χ2n) is 6.04. The van der Waals surface area contributed by atoms with Crippen molar-refractivity contribution in [3.05, 3.63) is 39.7 Å². The average molecular weight is 303 g/mol. The summed E-state index contributed by atoms with van der Waals surface area (Å²) in [7, 11) is 0. The van der Waals surface area contributed by atoms with Crippen LogP contribution in [0.4, 0.5) is 0 Å². The highest BCUT2D eigenvalue weighted by Gasteiger charge is 2.26. The molecule has 0 radical (unpaired) electrons. The molecule has 1 fully saturated rings. The number of piperidine rings is 1. The molecule has 21 heavy (non-hydrogen) atoms. The van der Waals surface area contributed by atoms with Crippen molar-refractivity contribution in [1.82, 2.24) is 14.8 Å². The quantitative estimate of drug-likeness (QED) is 0.868. The highest BCUT2D eigenvalue weighted by Crippen LogP contribution is 2.26. The van der Waals surface area contributed by atoms with Gasteiger partial charge < -0.3 is 4.42 Å². The minimum Gasteiger partial charge on any atom is -0.443 e. The summed E-state index contributed by atoms with van der Waals surface area (Å²) in [5.41, 5.74) is 1.15. The zero-order valence-electron chi connectivity index (χ0n) is 12.3. The highest BCUT2D eigenvalue weighted by molar-refractivity contribution is 7.09. The minimum absolute atomic E-state index is 0.887. The standard InChI is InChI=1S/C16H21N3OS/c1-2-6-18(7-3-1)12-16-17-14-10-19(11-15(14)20-16)9-13-5-4-8-21-13/h4-5,8H,1-3,6-7,9-12H2. The van der Waals surface area contributed by atoms with Crippen LogP contribution in [0.25, 0.3) is 0 Å². The van der Waals surface area contributed by atoms with Gasteiger partial charge in [0.1, 0.15) is 5.76 Å². The lowest BCUT2D eigenvalue weighted by molar-refractivity contribution is 0.194. The summed E-state index contributed by atoms with van der Waals surface area (Å²) in [6, 6.07) is 4.31. The molecule has 2 aromatic rings. The summed E-state index contributed by atoms with van der Waals surface area (Å²) >= 11 is 1.82. The molecular formula is C16H21N3OS. The van der Waals surface area contributed by atoms with Gasteiger partial charge in [-0.1, -0.05) is 12.5 Å². The largest absolute Gasteiger partial charge is 0.443 e. The minimum atomic E-state index is 0.887. The number of likely N-dealkylation sites (tertiary alicyclic amines) is 1. The van der Waals surface area contributed by atoms with Crippen LogP contribution in [0.3, 0.4) is 0 Å². The molecule has 0 amide bonds. The summed E-state index contributed by atoms with van der Waals surface area (Å²) in [5, 5.41) is 2.14. The Morgan fingerprint density at radius 1 is 1.10 bits per heavy atom. The van der Waals surface area contributed by atoms with Crippen LogP contribution in [-0.2, 0) is 26.2 Å². The molecule has 0 bridgehead atoms. The van der Waals surface area contributed by atoms with Gasteiger partial charge in [0.05, 0.1) is 18.8 Å². The van der Waals surface area contributed by atoms with E-state index in [4.69, 9.17) is 9.40 Å². The maximum Gasteiger partial charge on any atom is 0.208 e. The van der Waals surface area contributed by atoms with E-state index >= 15 is 0 Å². The van der Waals surface area contributed by atoms with E-state index in [1.807, 2.05) is 11.3 Å². The Bertz CT molecular complexity index is 563. The monoisotopic (exact) mass is 303 g/mol. The number of hydrogen-bond donors (Lipinski definition) is 0. The van der Waals surface area contributed by atoms with Gasteiger partial charge in [0.25, 0.3) is 0 Å². The lowest BCUT2D eigenvalue weighted by Gasteiger charge is -2.24. The van der Waals surface area contributed by atoms with Gasteiger partial charge >= 0.3 is 0 Å². The summed E-state index contributed by atoms with van der Waals surface area (Å²) in [4.78, 5) is 11.0. The molecule has 0 aromatic carbocycles. The third-order valence-electron chi connectivity index (χ3n) is 4.33. The number of thiophene rings is 1. The van der Waals surface area contributed by atoms with Crippen molar-refractivity contribution >= 4 is 11.3 Å². The molecule has 112 valence electrons. The molecule has 5 heteroatoms. The molecule has 0 saturated carbocycles. The predicted molar refractivity (Wildman–Crippen MR) is 82.9 cm³/mol. The molecule has 0 unspecified atom stereocenters. The molecule has 0 N–H and O–H groups in total. The Hall–Kier alpha value is -1.17. The number of fused-ring (bicyclic) bond motifs is 1. The second kappa shape index (κ2) is 5.91. The van der Waals surface area contributed by atoms with Crippen LogP contribution in [0.1, 0.15) is 41.5 Å². The van der Waals surface area contributed by atoms with Gasteiger partial charge in [-0.25, -0.2) is 4.98 Å². The Morgan fingerprint density at radius 2 is 2.00 bits per heavy atom. The smallest absolute Gasteiger partial charge is 0.208 e. The van der Waals surface area contributed by atoms with Gasteiger partial charge in [-0.05, 0) is 37.4 Å². The Balaban J connectivity index is 1.36. The molecule has 4 nitrogen and oxygen atoms in total.